The van der Waals surface area contributed by atoms with Crippen LogP contribution in [0.1, 0.15) is 44.0 Å². The van der Waals surface area contributed by atoms with Crippen LogP contribution in [0, 0.1) is 5.92 Å². The minimum atomic E-state index is 0.193. The smallest absolute Gasteiger partial charge is 0.226 e. The van der Waals surface area contributed by atoms with Crippen LogP contribution in [0.25, 0.3) is 0 Å². The number of hydrogen-bond acceptors (Lipinski definition) is 2. The average Bonchev–Trinajstić information content (AvgIpc) is 3.27. The van der Waals surface area contributed by atoms with E-state index in [9.17, 15) is 4.79 Å². The molecule has 1 aromatic carbocycles. The van der Waals surface area contributed by atoms with Gasteiger partial charge in [0.2, 0.25) is 5.91 Å². The van der Waals surface area contributed by atoms with Gasteiger partial charge in [-0.25, -0.2) is 4.98 Å². The molecule has 1 fully saturated rings. The van der Waals surface area contributed by atoms with E-state index >= 15 is 0 Å². The Morgan fingerprint density at radius 2 is 2.04 bits per heavy atom. The number of carbonyl (C=O) groups excluding carboxylic acids is 1. The molecule has 3 rings (SSSR count). The molecule has 2 aromatic rings. The van der Waals surface area contributed by atoms with Crippen molar-refractivity contribution >= 4 is 29.1 Å². The molecule has 1 amide bonds. The van der Waals surface area contributed by atoms with E-state index in [1.807, 2.05) is 30.2 Å². The number of nitrogens with zero attached hydrogens (tertiary/aromatic N) is 3. The van der Waals surface area contributed by atoms with Gasteiger partial charge in [0, 0.05) is 31.4 Å². The van der Waals surface area contributed by atoms with Crippen molar-refractivity contribution in [2.24, 2.45) is 5.92 Å². The molecule has 1 heterocycles. The third kappa shape index (κ3) is 4.36. The molecule has 0 saturated heterocycles. The minimum Gasteiger partial charge on any atom is -0.335 e. The molecule has 4 nitrogen and oxygen atoms in total. The van der Waals surface area contributed by atoms with Crippen molar-refractivity contribution < 1.29 is 4.79 Å². The molecule has 0 bridgehead atoms. The topological polar surface area (TPSA) is 38.1 Å². The van der Waals surface area contributed by atoms with Crippen LogP contribution < -0.4 is 0 Å². The average molecular weight is 380 g/mol. The molecule has 0 aliphatic heterocycles. The second kappa shape index (κ2) is 8.24. The summed E-state index contributed by atoms with van der Waals surface area (Å²) in [5.74, 6) is 1.35. The molecule has 134 valence electrons. The van der Waals surface area contributed by atoms with Gasteiger partial charge in [0.1, 0.15) is 5.82 Å². The Kier molecular flexibility index (Phi) is 6.02. The number of benzene rings is 1. The molecule has 0 spiro atoms. The van der Waals surface area contributed by atoms with Gasteiger partial charge in [-0.05, 0) is 37.5 Å². The molecule has 0 radical (unpaired) electrons. The van der Waals surface area contributed by atoms with Gasteiger partial charge in [0.15, 0.2) is 0 Å². The summed E-state index contributed by atoms with van der Waals surface area (Å²) in [6.45, 7) is 3.93. The van der Waals surface area contributed by atoms with E-state index < -0.39 is 0 Å². The minimum absolute atomic E-state index is 0.193. The number of amides is 1. The second-order valence-electron chi connectivity index (χ2n) is 6.55. The lowest BCUT2D eigenvalue weighted by atomic mass is 10.1. The van der Waals surface area contributed by atoms with Crippen molar-refractivity contribution in [3.8, 4) is 0 Å². The Balaban J connectivity index is 1.71. The van der Waals surface area contributed by atoms with Gasteiger partial charge < -0.3 is 9.47 Å². The normalized spacial score (nSPS) is 14.8. The highest BCUT2D eigenvalue weighted by Gasteiger charge is 2.27. The van der Waals surface area contributed by atoms with Gasteiger partial charge in [-0.15, -0.1) is 0 Å². The standard InChI is InChI=1S/C19H23Cl2N3O/c1-2-23(19(25)15-5-3-4-6-15)13-18-22-9-10-24(18)12-14-7-8-16(20)17(21)11-14/h7-11,15H,2-6,12-13H2,1H3. The Hall–Kier alpha value is -1.52. The Morgan fingerprint density at radius 3 is 2.72 bits per heavy atom. The van der Waals surface area contributed by atoms with Crippen LogP contribution in [0.4, 0.5) is 0 Å². The molecule has 25 heavy (non-hydrogen) atoms. The first-order chi connectivity index (χ1) is 12.1. The summed E-state index contributed by atoms with van der Waals surface area (Å²) in [7, 11) is 0. The molecule has 0 unspecified atom stereocenters. The fourth-order valence-electron chi connectivity index (χ4n) is 3.42. The third-order valence-corrected chi connectivity index (χ3v) is 5.61. The summed E-state index contributed by atoms with van der Waals surface area (Å²) in [4.78, 5) is 19.1. The number of aromatic nitrogens is 2. The third-order valence-electron chi connectivity index (χ3n) is 4.87. The predicted octanol–water partition coefficient (Wildman–Crippen LogP) is 4.78. The summed E-state index contributed by atoms with van der Waals surface area (Å²) < 4.78 is 2.06. The summed E-state index contributed by atoms with van der Waals surface area (Å²) in [5, 5.41) is 1.10. The van der Waals surface area contributed by atoms with Gasteiger partial charge in [0.25, 0.3) is 0 Å². The maximum atomic E-state index is 12.7. The fourth-order valence-corrected chi connectivity index (χ4v) is 3.74. The Labute approximate surface area is 158 Å². The second-order valence-corrected chi connectivity index (χ2v) is 7.37. The van der Waals surface area contributed by atoms with Gasteiger partial charge in [-0.3, -0.25) is 4.79 Å². The SMILES string of the molecule is CCN(Cc1nccn1Cc1ccc(Cl)c(Cl)c1)C(=O)C1CCCC1. The quantitative estimate of drug-likeness (QED) is 0.724. The molecule has 6 heteroatoms. The molecular weight excluding hydrogens is 357 g/mol. The van der Waals surface area contributed by atoms with Crippen molar-refractivity contribution in [3.05, 3.63) is 52.0 Å². The lowest BCUT2D eigenvalue weighted by Gasteiger charge is -2.24. The maximum Gasteiger partial charge on any atom is 0.226 e. The lowest BCUT2D eigenvalue weighted by Crippen LogP contribution is -2.35. The number of rotatable bonds is 6. The number of carbonyl (C=O) groups is 1. The van der Waals surface area contributed by atoms with E-state index in [-0.39, 0.29) is 11.8 Å². The highest BCUT2D eigenvalue weighted by Crippen LogP contribution is 2.27. The van der Waals surface area contributed by atoms with Gasteiger partial charge >= 0.3 is 0 Å². The molecule has 1 aliphatic rings. The Bertz CT molecular complexity index is 738. The van der Waals surface area contributed by atoms with E-state index in [0.29, 0.717) is 29.7 Å². The van der Waals surface area contributed by atoms with Crippen LogP contribution in [-0.4, -0.2) is 26.9 Å². The van der Waals surface area contributed by atoms with Gasteiger partial charge in [-0.2, -0.15) is 0 Å². The van der Waals surface area contributed by atoms with Crippen LogP contribution in [0.2, 0.25) is 10.0 Å². The molecule has 1 aliphatic carbocycles. The van der Waals surface area contributed by atoms with Crippen molar-refractivity contribution in [2.45, 2.75) is 45.7 Å². The molecule has 0 atom stereocenters. The zero-order valence-corrected chi connectivity index (χ0v) is 15.9. The van der Waals surface area contributed by atoms with Crippen LogP contribution in [-0.2, 0) is 17.9 Å². The lowest BCUT2D eigenvalue weighted by molar-refractivity contribution is -0.135. The summed E-state index contributed by atoms with van der Waals surface area (Å²) in [6.07, 6.45) is 8.09. The van der Waals surface area contributed by atoms with Crippen LogP contribution in [0.5, 0.6) is 0 Å². The van der Waals surface area contributed by atoms with Gasteiger partial charge in [0.05, 0.1) is 16.6 Å². The molecule has 1 saturated carbocycles. The summed E-state index contributed by atoms with van der Waals surface area (Å²) >= 11 is 12.1. The maximum absolute atomic E-state index is 12.7. The summed E-state index contributed by atoms with van der Waals surface area (Å²) in [5.41, 5.74) is 1.05. The van der Waals surface area contributed by atoms with Crippen molar-refractivity contribution in [1.82, 2.24) is 14.5 Å². The van der Waals surface area contributed by atoms with E-state index in [1.165, 1.54) is 12.8 Å². The molecule has 0 N–H and O–H groups in total. The van der Waals surface area contributed by atoms with E-state index in [2.05, 4.69) is 9.55 Å². The zero-order valence-electron chi connectivity index (χ0n) is 14.4. The van der Waals surface area contributed by atoms with E-state index in [1.54, 1.807) is 12.3 Å². The molecule has 1 aromatic heterocycles. The van der Waals surface area contributed by atoms with E-state index in [0.717, 1.165) is 24.2 Å². The molecular formula is C19H23Cl2N3O. The van der Waals surface area contributed by atoms with Gasteiger partial charge in [-0.1, -0.05) is 42.1 Å². The number of halogens is 2. The largest absolute Gasteiger partial charge is 0.335 e. The van der Waals surface area contributed by atoms with Crippen LogP contribution in [0.15, 0.2) is 30.6 Å². The van der Waals surface area contributed by atoms with Crippen molar-refractivity contribution in [3.63, 3.8) is 0 Å². The first kappa shape index (κ1) is 18.3. The first-order valence-corrected chi connectivity index (χ1v) is 9.56. The Morgan fingerprint density at radius 1 is 1.28 bits per heavy atom. The van der Waals surface area contributed by atoms with Crippen molar-refractivity contribution in [1.29, 1.82) is 0 Å². The predicted molar refractivity (Wildman–Crippen MR) is 101 cm³/mol. The highest BCUT2D eigenvalue weighted by atomic mass is 35.5. The number of hydrogen-bond donors (Lipinski definition) is 0. The zero-order chi connectivity index (χ0) is 17.8. The number of imidazole rings is 1. The fraction of sp³-hybridized carbons (Fsp3) is 0.474. The van der Waals surface area contributed by atoms with Crippen LogP contribution >= 0.6 is 23.2 Å². The monoisotopic (exact) mass is 379 g/mol. The highest BCUT2D eigenvalue weighted by molar-refractivity contribution is 6.42. The van der Waals surface area contributed by atoms with E-state index in [4.69, 9.17) is 23.2 Å². The van der Waals surface area contributed by atoms with Crippen LogP contribution in [0.3, 0.4) is 0 Å². The first-order valence-electron chi connectivity index (χ1n) is 8.81. The summed E-state index contributed by atoms with van der Waals surface area (Å²) in [6, 6.07) is 5.63. The van der Waals surface area contributed by atoms with Crippen molar-refractivity contribution in [2.75, 3.05) is 6.54 Å².